The molecule has 0 N–H and O–H groups in total. The third kappa shape index (κ3) is 4.75. The maximum atomic E-state index is 12.4. The smallest absolute Gasteiger partial charge is 0.341 e. The second-order valence-corrected chi connectivity index (χ2v) is 8.00. The number of hydrogen-bond acceptors (Lipinski definition) is 7. The van der Waals surface area contributed by atoms with Crippen molar-refractivity contribution in [2.45, 2.75) is 32.7 Å². The fraction of sp³-hybridized carbons (Fsp3) is 0.500. The van der Waals surface area contributed by atoms with Crippen molar-refractivity contribution < 1.29 is 28.6 Å². The van der Waals surface area contributed by atoms with Gasteiger partial charge in [-0.3, -0.25) is 0 Å². The van der Waals surface area contributed by atoms with Crippen molar-refractivity contribution in [3.63, 3.8) is 0 Å². The molecule has 0 fully saturated rings. The first-order chi connectivity index (χ1) is 15.4. The lowest BCUT2D eigenvalue weighted by atomic mass is 9.87. The van der Waals surface area contributed by atoms with E-state index in [4.69, 9.17) is 23.8 Å². The first-order valence-corrected chi connectivity index (χ1v) is 10.7. The van der Waals surface area contributed by atoms with E-state index < -0.39 is 5.97 Å². The molecule has 8 nitrogen and oxygen atoms in total. The minimum absolute atomic E-state index is 0.146. The van der Waals surface area contributed by atoms with Crippen molar-refractivity contribution in [1.82, 2.24) is 4.57 Å². The Labute approximate surface area is 188 Å². The van der Waals surface area contributed by atoms with Crippen LogP contribution in [0.2, 0.25) is 0 Å². The second-order valence-electron chi connectivity index (χ2n) is 8.00. The second kappa shape index (κ2) is 10.5. The predicted octanol–water partition coefficient (Wildman–Crippen LogP) is 3.58. The van der Waals surface area contributed by atoms with Gasteiger partial charge < -0.3 is 28.4 Å². The van der Waals surface area contributed by atoms with Crippen LogP contribution in [0.4, 0.5) is 0 Å². The summed E-state index contributed by atoms with van der Waals surface area (Å²) in [5.74, 6) is 1.24. The summed E-state index contributed by atoms with van der Waals surface area (Å²) in [6.45, 7) is 5.52. The number of ether oxygens (including phenoxy) is 4. The van der Waals surface area contributed by atoms with Crippen LogP contribution in [0.5, 0.6) is 11.5 Å². The summed E-state index contributed by atoms with van der Waals surface area (Å²) >= 11 is 0. The van der Waals surface area contributed by atoms with E-state index >= 15 is 0 Å². The van der Waals surface area contributed by atoms with Crippen LogP contribution < -0.4 is 14.8 Å². The minimum atomic E-state index is -0.457. The third-order valence-corrected chi connectivity index (χ3v) is 5.66. The van der Waals surface area contributed by atoms with Gasteiger partial charge in [0.2, 0.25) is 0 Å². The molecular formula is C24H32N2O6. The average molecular weight is 445 g/mol. The van der Waals surface area contributed by atoms with Crippen molar-refractivity contribution in [1.29, 1.82) is 0 Å². The van der Waals surface area contributed by atoms with E-state index in [2.05, 4.69) is 29.6 Å². The first kappa shape index (κ1) is 23.7. The van der Waals surface area contributed by atoms with Crippen molar-refractivity contribution >= 4 is 5.97 Å². The van der Waals surface area contributed by atoms with Crippen LogP contribution in [-0.4, -0.2) is 52.2 Å². The summed E-state index contributed by atoms with van der Waals surface area (Å²) in [7, 11) is 6.12. The van der Waals surface area contributed by atoms with Gasteiger partial charge in [0.15, 0.2) is 11.5 Å². The maximum Gasteiger partial charge on any atom is 0.341 e. The molecule has 1 aromatic carbocycles. The van der Waals surface area contributed by atoms with E-state index in [1.165, 1.54) is 14.2 Å². The fourth-order valence-corrected chi connectivity index (χ4v) is 4.04. The van der Waals surface area contributed by atoms with E-state index in [1.807, 2.05) is 18.3 Å². The van der Waals surface area contributed by atoms with Crippen LogP contribution in [-0.2, 0) is 20.7 Å². The number of benzene rings is 1. The van der Waals surface area contributed by atoms with Crippen LogP contribution in [0.25, 0.3) is 11.3 Å². The fourth-order valence-electron chi connectivity index (χ4n) is 4.04. The van der Waals surface area contributed by atoms with E-state index in [1.54, 1.807) is 14.2 Å². The number of nitrogens with zero attached hydrogens (tertiary/aromatic N) is 2. The van der Waals surface area contributed by atoms with E-state index in [0.29, 0.717) is 41.6 Å². The Kier molecular flexibility index (Phi) is 7.80. The molecule has 1 aliphatic heterocycles. The van der Waals surface area contributed by atoms with Gasteiger partial charge in [-0.2, -0.15) is 0 Å². The Morgan fingerprint density at radius 3 is 2.53 bits per heavy atom. The first-order valence-electron chi connectivity index (χ1n) is 10.7. The van der Waals surface area contributed by atoms with Crippen LogP contribution >= 0.6 is 0 Å². The lowest BCUT2D eigenvalue weighted by molar-refractivity contribution is 0.0595. The normalized spacial score (nSPS) is 15.2. The molecule has 174 valence electrons. The number of esters is 1. The van der Waals surface area contributed by atoms with Gasteiger partial charge in [-0.25, -0.2) is 4.79 Å². The molecule has 3 rings (SSSR count). The average Bonchev–Trinajstić information content (AvgIpc) is 2.79. The van der Waals surface area contributed by atoms with Crippen LogP contribution in [0.3, 0.4) is 0 Å². The Morgan fingerprint density at radius 1 is 1.12 bits per heavy atom. The molecule has 1 aromatic heterocycles. The van der Waals surface area contributed by atoms with Crippen LogP contribution in [0.15, 0.2) is 29.6 Å². The highest BCUT2D eigenvalue weighted by molar-refractivity contribution is 5.89. The molecular weight excluding hydrogens is 412 g/mol. The Morgan fingerprint density at radius 2 is 1.91 bits per heavy atom. The standard InChI is InChI=1S/C24H32N2O6/c1-15(2)20-10-16-11-23(32-9-7-8-28-3)22(29-4)12-17(16)21-13-19(25-31-6)18(14-26(20)21)24(27)30-5/h11-15,20H,7-10H2,1-6H3. The zero-order chi connectivity index (χ0) is 23.3. The molecule has 32 heavy (non-hydrogen) atoms. The molecule has 0 bridgehead atoms. The molecule has 0 saturated heterocycles. The maximum absolute atomic E-state index is 12.4. The highest BCUT2D eigenvalue weighted by Gasteiger charge is 2.29. The number of hydrogen-bond donors (Lipinski definition) is 0. The monoisotopic (exact) mass is 444 g/mol. The topological polar surface area (TPSA) is 80.5 Å². The Balaban J connectivity index is 2.17. The molecule has 0 saturated carbocycles. The van der Waals surface area contributed by atoms with E-state index in [-0.39, 0.29) is 6.04 Å². The molecule has 0 spiro atoms. The minimum Gasteiger partial charge on any atom is -0.493 e. The third-order valence-electron chi connectivity index (χ3n) is 5.66. The number of rotatable bonds is 9. The van der Waals surface area contributed by atoms with Crippen molar-refractivity contribution in [3.05, 3.63) is 40.9 Å². The number of pyridine rings is 1. The lowest BCUT2D eigenvalue weighted by Crippen LogP contribution is -2.29. The van der Waals surface area contributed by atoms with Gasteiger partial charge in [-0.15, -0.1) is 0 Å². The quantitative estimate of drug-likeness (QED) is 0.334. The van der Waals surface area contributed by atoms with Crippen LogP contribution in [0.1, 0.15) is 42.2 Å². The van der Waals surface area contributed by atoms with Gasteiger partial charge in [0.25, 0.3) is 0 Å². The van der Waals surface area contributed by atoms with Gasteiger partial charge in [-0.1, -0.05) is 19.0 Å². The molecule has 1 atom stereocenters. The summed E-state index contributed by atoms with van der Waals surface area (Å²) in [6.07, 6.45) is 3.40. The summed E-state index contributed by atoms with van der Waals surface area (Å²) in [4.78, 5) is 17.4. The predicted molar refractivity (Wildman–Crippen MR) is 120 cm³/mol. The zero-order valence-corrected chi connectivity index (χ0v) is 19.6. The molecule has 2 heterocycles. The largest absolute Gasteiger partial charge is 0.493 e. The lowest BCUT2D eigenvalue weighted by Gasteiger charge is -2.34. The highest BCUT2D eigenvalue weighted by Crippen LogP contribution is 2.42. The van der Waals surface area contributed by atoms with Gasteiger partial charge in [-0.05, 0) is 36.1 Å². The van der Waals surface area contributed by atoms with Gasteiger partial charge >= 0.3 is 5.97 Å². The molecule has 0 radical (unpaired) electrons. The molecule has 0 amide bonds. The highest BCUT2D eigenvalue weighted by atomic mass is 16.6. The summed E-state index contributed by atoms with van der Waals surface area (Å²) in [5, 5.41) is 4.48. The number of carbonyl (C=O) groups excluding carboxylic acids is 1. The van der Waals surface area contributed by atoms with Gasteiger partial charge in [0.1, 0.15) is 18.0 Å². The summed E-state index contributed by atoms with van der Waals surface area (Å²) < 4.78 is 23.8. The number of fused-ring (bicyclic) bond motifs is 3. The van der Waals surface area contributed by atoms with Crippen molar-refractivity contribution in [3.8, 4) is 22.8 Å². The van der Waals surface area contributed by atoms with Crippen LogP contribution in [0, 0.1) is 5.92 Å². The SMILES string of the molecule is COCCCOc1cc2c(cc1OC)-c1cc(=NOC)c(C(=O)OC)cn1C(C(C)C)C2. The molecule has 8 heteroatoms. The zero-order valence-electron chi connectivity index (χ0n) is 19.6. The van der Waals surface area contributed by atoms with E-state index in [9.17, 15) is 4.79 Å². The van der Waals surface area contributed by atoms with Crippen molar-refractivity contribution in [2.24, 2.45) is 11.1 Å². The Bertz CT molecular complexity index is 1030. The molecule has 0 aliphatic carbocycles. The van der Waals surface area contributed by atoms with Gasteiger partial charge in [0, 0.05) is 37.9 Å². The number of carbonyl (C=O) groups is 1. The number of methoxy groups -OCH3 is 3. The molecule has 2 aromatic rings. The molecule has 1 aliphatic rings. The summed E-state index contributed by atoms with van der Waals surface area (Å²) in [6, 6.07) is 6.05. The Hall–Kier alpha value is -3.00. The molecule has 1 unspecified atom stereocenters. The van der Waals surface area contributed by atoms with Crippen molar-refractivity contribution in [2.75, 3.05) is 41.7 Å². The van der Waals surface area contributed by atoms with E-state index in [0.717, 1.165) is 29.7 Å². The summed E-state index contributed by atoms with van der Waals surface area (Å²) in [5.41, 5.74) is 3.45. The number of aromatic nitrogens is 1. The van der Waals surface area contributed by atoms with Gasteiger partial charge in [0.05, 0.1) is 26.5 Å².